The minimum atomic E-state index is -3.50. The molecule has 9 heteroatoms. The van der Waals surface area contributed by atoms with Gasteiger partial charge in [-0.3, -0.25) is 9.79 Å². The van der Waals surface area contributed by atoms with E-state index in [9.17, 15) is 13.2 Å². The SMILES string of the molecule is O=C(CSC1=NCCS1)Nc1ccc(S(=O)(=O)NC2CCCC2)cc1. The van der Waals surface area contributed by atoms with Gasteiger partial charge >= 0.3 is 0 Å². The van der Waals surface area contributed by atoms with Gasteiger partial charge in [0.05, 0.1) is 17.2 Å². The molecule has 1 aromatic carbocycles. The van der Waals surface area contributed by atoms with Crippen LogP contribution in [0.3, 0.4) is 0 Å². The molecular weight excluding hydrogens is 378 g/mol. The summed E-state index contributed by atoms with van der Waals surface area (Å²) >= 11 is 3.10. The van der Waals surface area contributed by atoms with Crippen molar-refractivity contribution in [2.45, 2.75) is 36.6 Å². The maximum atomic E-state index is 12.4. The first-order chi connectivity index (χ1) is 12.0. The summed E-state index contributed by atoms with van der Waals surface area (Å²) < 4.78 is 28.4. The first kappa shape index (κ1) is 18.8. The number of hydrogen-bond donors (Lipinski definition) is 2. The third-order valence-corrected chi connectivity index (χ3v) is 7.80. The number of carbonyl (C=O) groups is 1. The lowest BCUT2D eigenvalue weighted by Gasteiger charge is -2.13. The van der Waals surface area contributed by atoms with Crippen molar-refractivity contribution in [3.63, 3.8) is 0 Å². The van der Waals surface area contributed by atoms with Gasteiger partial charge in [-0.05, 0) is 37.1 Å². The minimum absolute atomic E-state index is 0.0396. The Kier molecular flexibility index (Phi) is 6.43. The molecule has 1 aliphatic heterocycles. The topological polar surface area (TPSA) is 87.6 Å². The van der Waals surface area contributed by atoms with Gasteiger partial charge in [0.2, 0.25) is 15.9 Å². The number of sulfonamides is 1. The van der Waals surface area contributed by atoms with Crippen LogP contribution in [0.2, 0.25) is 0 Å². The molecule has 1 saturated carbocycles. The molecule has 1 aliphatic carbocycles. The molecule has 0 saturated heterocycles. The van der Waals surface area contributed by atoms with Crippen LogP contribution in [0, 0.1) is 0 Å². The monoisotopic (exact) mass is 399 g/mol. The lowest BCUT2D eigenvalue weighted by Crippen LogP contribution is -2.32. The summed E-state index contributed by atoms with van der Waals surface area (Å²) in [7, 11) is -3.50. The number of carbonyl (C=O) groups excluding carboxylic acids is 1. The van der Waals surface area contributed by atoms with E-state index in [1.165, 1.54) is 23.9 Å². The summed E-state index contributed by atoms with van der Waals surface area (Å²) in [5.41, 5.74) is 0.589. The van der Waals surface area contributed by atoms with E-state index in [1.807, 2.05) is 0 Å². The fraction of sp³-hybridized carbons (Fsp3) is 0.500. The van der Waals surface area contributed by atoms with E-state index in [2.05, 4.69) is 15.0 Å². The second kappa shape index (κ2) is 8.57. The van der Waals surface area contributed by atoms with Crippen molar-refractivity contribution in [1.29, 1.82) is 0 Å². The van der Waals surface area contributed by atoms with Crippen LogP contribution in [-0.4, -0.2) is 42.8 Å². The quantitative estimate of drug-likeness (QED) is 0.768. The molecule has 1 amide bonds. The van der Waals surface area contributed by atoms with Crippen LogP contribution in [0.4, 0.5) is 5.69 Å². The van der Waals surface area contributed by atoms with Gasteiger partial charge in [-0.25, -0.2) is 13.1 Å². The lowest BCUT2D eigenvalue weighted by atomic mass is 10.3. The largest absolute Gasteiger partial charge is 0.325 e. The van der Waals surface area contributed by atoms with E-state index in [-0.39, 0.29) is 16.8 Å². The Labute approximate surface area is 156 Å². The standard InChI is InChI=1S/C16H21N3O3S3/c20-15(11-24-16-17-9-10-23-16)18-12-5-7-14(8-6-12)25(21,22)19-13-3-1-2-4-13/h5-8,13,19H,1-4,9-11H2,(H,18,20). The summed E-state index contributed by atoms with van der Waals surface area (Å²) in [4.78, 5) is 16.5. The van der Waals surface area contributed by atoms with E-state index in [0.29, 0.717) is 11.4 Å². The molecule has 1 aromatic rings. The van der Waals surface area contributed by atoms with Crippen LogP contribution in [0.1, 0.15) is 25.7 Å². The number of thioether (sulfide) groups is 2. The zero-order valence-corrected chi connectivity index (χ0v) is 16.2. The van der Waals surface area contributed by atoms with Gasteiger partial charge in [0.25, 0.3) is 0 Å². The van der Waals surface area contributed by atoms with E-state index < -0.39 is 10.0 Å². The Morgan fingerprint density at radius 1 is 1.24 bits per heavy atom. The summed E-state index contributed by atoms with van der Waals surface area (Å²) in [6.45, 7) is 0.819. The van der Waals surface area contributed by atoms with Crippen molar-refractivity contribution in [2.24, 2.45) is 4.99 Å². The number of amides is 1. The molecular formula is C16H21N3O3S3. The number of benzene rings is 1. The van der Waals surface area contributed by atoms with Gasteiger partial charge in [0.15, 0.2) is 0 Å². The smallest absolute Gasteiger partial charge is 0.240 e. The Bertz CT molecular complexity index is 742. The molecule has 1 heterocycles. The molecule has 0 radical (unpaired) electrons. The van der Waals surface area contributed by atoms with Crippen molar-refractivity contribution in [1.82, 2.24) is 4.72 Å². The maximum absolute atomic E-state index is 12.4. The lowest BCUT2D eigenvalue weighted by molar-refractivity contribution is -0.113. The van der Waals surface area contributed by atoms with Gasteiger partial charge in [-0.1, -0.05) is 36.4 Å². The van der Waals surface area contributed by atoms with Gasteiger partial charge in [-0.2, -0.15) is 0 Å². The average molecular weight is 400 g/mol. The van der Waals surface area contributed by atoms with Crippen LogP contribution in [0.25, 0.3) is 0 Å². The minimum Gasteiger partial charge on any atom is -0.325 e. The van der Waals surface area contributed by atoms with Gasteiger partial charge < -0.3 is 5.32 Å². The van der Waals surface area contributed by atoms with E-state index in [0.717, 1.165) is 42.4 Å². The molecule has 0 bridgehead atoms. The van der Waals surface area contributed by atoms with Crippen LogP contribution in [0.5, 0.6) is 0 Å². The van der Waals surface area contributed by atoms with E-state index in [1.54, 1.807) is 23.9 Å². The second-order valence-electron chi connectivity index (χ2n) is 5.96. The van der Waals surface area contributed by atoms with Crippen molar-refractivity contribution in [2.75, 3.05) is 23.4 Å². The highest BCUT2D eigenvalue weighted by molar-refractivity contribution is 8.39. The Morgan fingerprint density at radius 2 is 1.96 bits per heavy atom. The Morgan fingerprint density at radius 3 is 2.60 bits per heavy atom. The summed E-state index contributed by atoms with van der Waals surface area (Å²) in [5, 5.41) is 2.78. The summed E-state index contributed by atoms with van der Waals surface area (Å²) in [6.07, 6.45) is 3.94. The van der Waals surface area contributed by atoms with Crippen LogP contribution >= 0.6 is 23.5 Å². The third kappa shape index (κ3) is 5.47. The van der Waals surface area contributed by atoms with Crippen molar-refractivity contribution in [3.8, 4) is 0 Å². The zero-order valence-electron chi connectivity index (χ0n) is 13.7. The normalized spacial score (nSPS) is 18.3. The van der Waals surface area contributed by atoms with Gasteiger partial charge in [-0.15, -0.1) is 0 Å². The van der Waals surface area contributed by atoms with Crippen LogP contribution in [-0.2, 0) is 14.8 Å². The molecule has 136 valence electrons. The highest BCUT2D eigenvalue weighted by Gasteiger charge is 2.22. The average Bonchev–Trinajstić information content (AvgIpc) is 3.27. The van der Waals surface area contributed by atoms with Gasteiger partial charge in [0, 0.05) is 17.5 Å². The molecule has 3 rings (SSSR count). The Hall–Kier alpha value is -1.03. The van der Waals surface area contributed by atoms with Crippen LogP contribution < -0.4 is 10.0 Å². The van der Waals surface area contributed by atoms with Crippen LogP contribution in [0.15, 0.2) is 34.2 Å². The first-order valence-electron chi connectivity index (χ1n) is 8.25. The van der Waals surface area contributed by atoms with Gasteiger partial charge in [0.1, 0.15) is 4.38 Å². The first-order valence-corrected chi connectivity index (χ1v) is 11.7. The maximum Gasteiger partial charge on any atom is 0.240 e. The zero-order chi connectivity index (χ0) is 17.7. The Balaban J connectivity index is 1.53. The summed E-state index contributed by atoms with van der Waals surface area (Å²) in [5.74, 6) is 1.16. The third-order valence-electron chi connectivity index (χ3n) is 4.01. The predicted octanol–water partition coefficient (Wildman–Crippen LogP) is 2.68. The highest BCUT2D eigenvalue weighted by Crippen LogP contribution is 2.23. The molecule has 25 heavy (non-hydrogen) atoms. The fourth-order valence-corrected chi connectivity index (χ4v) is 5.89. The molecule has 6 nitrogen and oxygen atoms in total. The molecule has 0 atom stereocenters. The van der Waals surface area contributed by atoms with Crippen molar-refractivity contribution >= 4 is 49.5 Å². The highest BCUT2D eigenvalue weighted by atomic mass is 32.2. The number of aliphatic imine (C=N–C) groups is 1. The van der Waals surface area contributed by atoms with Crippen molar-refractivity contribution < 1.29 is 13.2 Å². The molecule has 2 aliphatic rings. The molecule has 2 N–H and O–H groups in total. The molecule has 1 fully saturated rings. The van der Waals surface area contributed by atoms with E-state index >= 15 is 0 Å². The molecule has 0 aromatic heterocycles. The number of rotatable bonds is 6. The second-order valence-corrected chi connectivity index (χ2v) is 9.98. The predicted molar refractivity (Wildman–Crippen MR) is 105 cm³/mol. The number of nitrogens with zero attached hydrogens (tertiary/aromatic N) is 1. The summed E-state index contributed by atoms with van der Waals surface area (Å²) in [6, 6.07) is 6.33. The van der Waals surface area contributed by atoms with E-state index in [4.69, 9.17) is 0 Å². The number of hydrogen-bond acceptors (Lipinski definition) is 6. The molecule has 0 spiro atoms. The fourth-order valence-electron chi connectivity index (χ4n) is 2.78. The molecule has 0 unspecified atom stereocenters. The van der Waals surface area contributed by atoms with Crippen molar-refractivity contribution in [3.05, 3.63) is 24.3 Å². The number of anilines is 1. The number of nitrogens with one attached hydrogen (secondary N) is 2.